The molecule has 0 aliphatic carbocycles. The third kappa shape index (κ3) is 11.5. The van der Waals surface area contributed by atoms with E-state index in [1.807, 2.05) is 0 Å². The van der Waals surface area contributed by atoms with Gasteiger partial charge in [0, 0.05) is 0 Å². The predicted octanol–water partition coefficient (Wildman–Crippen LogP) is 4.67. The third-order valence-corrected chi connectivity index (χ3v) is 2.11. The summed E-state index contributed by atoms with van der Waals surface area (Å²) in [4.78, 5) is 0. The Morgan fingerprint density at radius 3 is 2.08 bits per heavy atom. The van der Waals surface area contributed by atoms with Crippen LogP contribution in [0.1, 0.15) is 58.3 Å². The van der Waals surface area contributed by atoms with Crippen LogP contribution in [0.3, 0.4) is 0 Å². The molecule has 1 radical (unpaired) electrons. The highest BCUT2D eigenvalue weighted by atomic mass is 13.9. The molecule has 0 heterocycles. The molecule has 0 unspecified atom stereocenters. The van der Waals surface area contributed by atoms with E-state index in [1.165, 1.54) is 44.9 Å². The Kier molecular flexibility index (Phi) is 11.0. The van der Waals surface area contributed by atoms with Gasteiger partial charge in [-0.1, -0.05) is 51.0 Å². The summed E-state index contributed by atoms with van der Waals surface area (Å²) in [5, 5.41) is 0. The topological polar surface area (TPSA) is 0 Å². The van der Waals surface area contributed by atoms with Gasteiger partial charge in [-0.25, -0.2) is 0 Å². The van der Waals surface area contributed by atoms with Crippen molar-refractivity contribution in [1.29, 1.82) is 0 Å². The molecule has 0 N–H and O–H groups in total. The second-order valence-electron chi connectivity index (χ2n) is 3.49. The van der Waals surface area contributed by atoms with Crippen molar-refractivity contribution in [2.75, 3.05) is 0 Å². The zero-order chi connectivity index (χ0) is 9.78. The van der Waals surface area contributed by atoms with E-state index < -0.39 is 0 Å². The summed E-state index contributed by atoms with van der Waals surface area (Å²) in [6.45, 7) is 7.50. The highest BCUT2D eigenvalue weighted by Gasteiger charge is 1.86. The molecule has 0 nitrogen and oxygen atoms in total. The first-order chi connectivity index (χ1) is 6.41. The van der Waals surface area contributed by atoms with Gasteiger partial charge in [0.25, 0.3) is 0 Å². The lowest BCUT2D eigenvalue weighted by atomic mass is 10.1. The van der Waals surface area contributed by atoms with Gasteiger partial charge in [0.2, 0.25) is 0 Å². The quantitative estimate of drug-likeness (QED) is 0.356. The number of hydrogen-bond donors (Lipinski definition) is 0. The standard InChI is InChI=1S/C13H23/c1-3-5-7-9-11-13-12-10-8-6-4-2/h1,3,8,10H,4-7,9,11-13H2,2H3. The number of allylic oxidation sites excluding steroid dienone is 3. The van der Waals surface area contributed by atoms with Crippen molar-refractivity contribution in [1.82, 2.24) is 0 Å². The van der Waals surface area contributed by atoms with Crippen LogP contribution in [0.2, 0.25) is 0 Å². The normalized spacial score (nSPS) is 10.8. The van der Waals surface area contributed by atoms with Crippen molar-refractivity contribution in [2.45, 2.75) is 58.3 Å². The van der Waals surface area contributed by atoms with Crippen LogP contribution in [0.4, 0.5) is 0 Å². The molecule has 0 saturated carbocycles. The average Bonchev–Trinajstić information content (AvgIpc) is 2.16. The van der Waals surface area contributed by atoms with Crippen LogP contribution in [0.5, 0.6) is 0 Å². The van der Waals surface area contributed by atoms with Gasteiger partial charge < -0.3 is 0 Å². The molecule has 0 rings (SSSR count). The predicted molar refractivity (Wildman–Crippen MR) is 60.6 cm³/mol. The molecule has 0 fully saturated rings. The van der Waals surface area contributed by atoms with E-state index in [9.17, 15) is 0 Å². The molecule has 0 aliphatic heterocycles. The largest absolute Gasteiger partial charge is 0.0885 e. The molecule has 0 amide bonds. The first kappa shape index (κ1) is 12.5. The van der Waals surface area contributed by atoms with Crippen LogP contribution in [0.15, 0.2) is 18.2 Å². The Labute approximate surface area is 83.7 Å². The van der Waals surface area contributed by atoms with E-state index in [4.69, 9.17) is 6.58 Å². The third-order valence-electron chi connectivity index (χ3n) is 2.11. The lowest BCUT2D eigenvalue weighted by Crippen LogP contribution is -1.76. The molecule has 0 aromatic heterocycles. The lowest BCUT2D eigenvalue weighted by Gasteiger charge is -1.96. The van der Waals surface area contributed by atoms with Gasteiger partial charge in [-0.15, -0.1) is 0 Å². The molecule has 0 atom stereocenters. The minimum absolute atomic E-state index is 1.08. The van der Waals surface area contributed by atoms with E-state index >= 15 is 0 Å². The highest BCUT2D eigenvalue weighted by molar-refractivity contribution is 4.80. The zero-order valence-corrected chi connectivity index (χ0v) is 8.97. The SMILES string of the molecule is [CH]=CCCCCCCC=CCCC. The first-order valence-corrected chi connectivity index (χ1v) is 5.60. The molecule has 0 heteroatoms. The van der Waals surface area contributed by atoms with Crippen LogP contribution in [-0.2, 0) is 0 Å². The Bertz CT molecular complexity index is 122. The fourth-order valence-electron chi connectivity index (χ4n) is 1.28. The summed E-state index contributed by atoms with van der Waals surface area (Å²) < 4.78 is 0. The summed E-state index contributed by atoms with van der Waals surface area (Å²) in [6.07, 6.45) is 16.5. The van der Waals surface area contributed by atoms with Crippen molar-refractivity contribution in [3.8, 4) is 0 Å². The van der Waals surface area contributed by atoms with E-state index in [0.29, 0.717) is 0 Å². The van der Waals surface area contributed by atoms with Crippen molar-refractivity contribution in [3.63, 3.8) is 0 Å². The summed E-state index contributed by atoms with van der Waals surface area (Å²) >= 11 is 0. The average molecular weight is 179 g/mol. The molecule has 0 aromatic carbocycles. The van der Waals surface area contributed by atoms with Gasteiger partial charge in [-0.05, 0) is 32.1 Å². The Hall–Kier alpha value is -0.520. The van der Waals surface area contributed by atoms with E-state index in [0.717, 1.165) is 6.42 Å². The van der Waals surface area contributed by atoms with E-state index in [-0.39, 0.29) is 0 Å². The minimum Gasteiger partial charge on any atom is -0.0885 e. The Balaban J connectivity index is 2.94. The molecular weight excluding hydrogens is 156 g/mol. The lowest BCUT2D eigenvalue weighted by molar-refractivity contribution is 0.652. The number of unbranched alkanes of at least 4 members (excludes halogenated alkanes) is 6. The van der Waals surface area contributed by atoms with Crippen LogP contribution in [0, 0.1) is 6.58 Å². The van der Waals surface area contributed by atoms with Gasteiger partial charge in [0.05, 0.1) is 0 Å². The van der Waals surface area contributed by atoms with E-state index in [1.54, 1.807) is 6.08 Å². The summed E-state index contributed by atoms with van der Waals surface area (Å²) in [7, 11) is 0. The van der Waals surface area contributed by atoms with E-state index in [2.05, 4.69) is 19.1 Å². The molecule has 0 aromatic rings. The Morgan fingerprint density at radius 1 is 0.846 bits per heavy atom. The van der Waals surface area contributed by atoms with Gasteiger partial charge >= 0.3 is 0 Å². The second kappa shape index (κ2) is 11.5. The molecule has 0 bridgehead atoms. The maximum absolute atomic E-state index is 5.29. The summed E-state index contributed by atoms with van der Waals surface area (Å²) in [5.41, 5.74) is 0. The van der Waals surface area contributed by atoms with Gasteiger partial charge in [-0.2, -0.15) is 0 Å². The maximum Gasteiger partial charge on any atom is -0.0348 e. The zero-order valence-electron chi connectivity index (χ0n) is 8.97. The van der Waals surface area contributed by atoms with Crippen LogP contribution in [-0.4, -0.2) is 0 Å². The highest BCUT2D eigenvalue weighted by Crippen LogP contribution is 2.06. The smallest absolute Gasteiger partial charge is 0.0348 e. The molecule has 13 heavy (non-hydrogen) atoms. The second-order valence-corrected chi connectivity index (χ2v) is 3.49. The Morgan fingerprint density at radius 2 is 1.46 bits per heavy atom. The molecule has 75 valence electrons. The maximum atomic E-state index is 5.29. The van der Waals surface area contributed by atoms with Gasteiger partial charge in [0.1, 0.15) is 0 Å². The van der Waals surface area contributed by atoms with Crippen LogP contribution in [0.25, 0.3) is 0 Å². The fourth-order valence-corrected chi connectivity index (χ4v) is 1.28. The van der Waals surface area contributed by atoms with Crippen molar-refractivity contribution in [3.05, 3.63) is 24.8 Å². The van der Waals surface area contributed by atoms with Crippen LogP contribution < -0.4 is 0 Å². The number of hydrogen-bond acceptors (Lipinski definition) is 0. The summed E-state index contributed by atoms with van der Waals surface area (Å²) in [6, 6.07) is 0. The molecular formula is C13H23. The first-order valence-electron chi connectivity index (χ1n) is 5.60. The van der Waals surface area contributed by atoms with Crippen molar-refractivity contribution in [2.24, 2.45) is 0 Å². The van der Waals surface area contributed by atoms with Crippen molar-refractivity contribution < 1.29 is 0 Å². The van der Waals surface area contributed by atoms with Crippen LogP contribution >= 0.6 is 0 Å². The molecule has 0 spiro atoms. The minimum atomic E-state index is 1.08. The number of rotatable bonds is 9. The molecule has 0 aliphatic rings. The van der Waals surface area contributed by atoms with Gasteiger partial charge in [-0.3, -0.25) is 0 Å². The van der Waals surface area contributed by atoms with Crippen molar-refractivity contribution >= 4 is 0 Å². The fraction of sp³-hybridized carbons (Fsp3) is 0.692. The van der Waals surface area contributed by atoms with Gasteiger partial charge in [0.15, 0.2) is 0 Å². The summed E-state index contributed by atoms with van der Waals surface area (Å²) in [5.74, 6) is 0. The molecule has 0 saturated heterocycles. The monoisotopic (exact) mass is 179 g/mol.